The molecule has 2 heterocycles. The van der Waals surface area contributed by atoms with E-state index in [1.807, 2.05) is 42.5 Å². The summed E-state index contributed by atoms with van der Waals surface area (Å²) in [6, 6.07) is 15.7. The predicted octanol–water partition coefficient (Wildman–Crippen LogP) is 5.04. The number of aromatic nitrogens is 2. The molecule has 9 nitrogen and oxygen atoms in total. The zero-order valence-corrected chi connectivity index (χ0v) is 25.2. The molecular weight excluding hydrogens is 569 g/mol. The minimum absolute atomic E-state index is 0.274. The second-order valence-corrected chi connectivity index (χ2v) is 11.2. The fourth-order valence-corrected chi connectivity index (χ4v) is 4.86. The summed E-state index contributed by atoms with van der Waals surface area (Å²) in [5.41, 5.74) is 5.67. The van der Waals surface area contributed by atoms with Crippen molar-refractivity contribution in [2.45, 2.75) is 25.9 Å². The Bertz CT molecular complexity index is 1340. The van der Waals surface area contributed by atoms with Gasteiger partial charge in [0.05, 0.1) is 22.2 Å². The van der Waals surface area contributed by atoms with Gasteiger partial charge in [0.25, 0.3) is 0 Å². The van der Waals surface area contributed by atoms with Gasteiger partial charge in [-0.25, -0.2) is 4.98 Å². The molecule has 0 spiro atoms. The van der Waals surface area contributed by atoms with Crippen LogP contribution in [0.15, 0.2) is 42.5 Å². The first-order chi connectivity index (χ1) is 19.2. The number of nitriles is 1. The van der Waals surface area contributed by atoms with Crippen LogP contribution in [0.1, 0.15) is 36.2 Å². The van der Waals surface area contributed by atoms with Crippen LogP contribution in [-0.4, -0.2) is 60.1 Å². The number of hydrazine groups is 1. The van der Waals surface area contributed by atoms with E-state index < -0.39 is 5.41 Å². The Labute approximate surface area is 250 Å². The fourth-order valence-electron chi connectivity index (χ4n) is 4.42. The molecule has 4 rings (SSSR count). The first-order valence-corrected chi connectivity index (χ1v) is 14.2. The highest BCUT2D eigenvalue weighted by Gasteiger charge is 2.26. The number of thiol groups is 1. The second kappa shape index (κ2) is 13.6. The maximum Gasteiger partial charge on any atom is 0.240 e. The van der Waals surface area contributed by atoms with Gasteiger partial charge in [-0.1, -0.05) is 50.4 Å². The number of hydrogen-bond acceptors (Lipinski definition) is 10. The van der Waals surface area contributed by atoms with Crippen molar-refractivity contribution in [2.75, 3.05) is 56.0 Å². The van der Waals surface area contributed by atoms with E-state index in [0.29, 0.717) is 33.9 Å². The lowest BCUT2D eigenvalue weighted by atomic mass is 9.77. The number of benzene rings is 2. The van der Waals surface area contributed by atoms with Gasteiger partial charge in [-0.3, -0.25) is 5.43 Å². The third-order valence-electron chi connectivity index (χ3n) is 6.64. The van der Waals surface area contributed by atoms with Crippen LogP contribution in [0, 0.1) is 11.3 Å². The predicted molar refractivity (Wildman–Crippen MR) is 163 cm³/mol. The molecule has 12 heteroatoms. The van der Waals surface area contributed by atoms with Gasteiger partial charge in [0, 0.05) is 44.7 Å². The van der Waals surface area contributed by atoms with Crippen LogP contribution in [0.3, 0.4) is 0 Å². The van der Waals surface area contributed by atoms with Crippen LogP contribution in [0.5, 0.6) is 11.5 Å². The highest BCUT2D eigenvalue weighted by atomic mass is 35.5. The molecule has 1 fully saturated rings. The molecule has 0 saturated carbocycles. The van der Waals surface area contributed by atoms with E-state index in [1.165, 1.54) is 4.41 Å². The Kier molecular flexibility index (Phi) is 10.2. The summed E-state index contributed by atoms with van der Waals surface area (Å²) in [5.74, 6) is 2.68. The smallest absolute Gasteiger partial charge is 0.240 e. The molecule has 0 radical (unpaired) electrons. The number of nitrogens with zero attached hydrogens (tertiary/aromatic N) is 5. The summed E-state index contributed by atoms with van der Waals surface area (Å²) in [7, 11) is 1.77. The van der Waals surface area contributed by atoms with Crippen LogP contribution in [0.4, 0.5) is 11.8 Å². The largest absolute Gasteiger partial charge is 0.489 e. The van der Waals surface area contributed by atoms with Crippen molar-refractivity contribution < 1.29 is 9.47 Å². The Morgan fingerprint density at radius 3 is 2.50 bits per heavy atom. The molecule has 1 aliphatic rings. The van der Waals surface area contributed by atoms with Crippen LogP contribution >= 0.6 is 36.0 Å². The molecule has 0 atom stereocenters. The summed E-state index contributed by atoms with van der Waals surface area (Å²) in [5, 5.41) is 13.4. The van der Waals surface area contributed by atoms with Gasteiger partial charge < -0.3 is 19.7 Å². The summed E-state index contributed by atoms with van der Waals surface area (Å²) in [6.45, 7) is 8.27. The number of hydrogen-bond donors (Lipinski definition) is 3. The van der Waals surface area contributed by atoms with E-state index in [4.69, 9.17) is 32.7 Å². The van der Waals surface area contributed by atoms with E-state index in [0.717, 1.165) is 48.8 Å². The number of anilines is 2. The minimum Gasteiger partial charge on any atom is -0.489 e. The molecule has 40 heavy (non-hydrogen) atoms. The summed E-state index contributed by atoms with van der Waals surface area (Å²) < 4.78 is 13.2. The van der Waals surface area contributed by atoms with Crippen molar-refractivity contribution in [2.24, 2.45) is 0 Å². The maximum atomic E-state index is 9.68. The summed E-state index contributed by atoms with van der Waals surface area (Å²) >= 11 is 16.5. The number of piperazine rings is 1. The van der Waals surface area contributed by atoms with E-state index in [9.17, 15) is 5.26 Å². The fraction of sp³-hybridized carbons (Fsp3) is 0.393. The average molecular weight is 603 g/mol. The molecule has 0 unspecified atom stereocenters. The molecule has 0 aliphatic carbocycles. The monoisotopic (exact) mass is 601 g/mol. The second-order valence-electron chi connectivity index (χ2n) is 9.84. The Morgan fingerprint density at radius 2 is 1.85 bits per heavy atom. The number of ether oxygens (including phenoxy) is 2. The lowest BCUT2D eigenvalue weighted by Gasteiger charge is -2.29. The highest BCUT2D eigenvalue weighted by molar-refractivity contribution is 7.77. The minimum atomic E-state index is -0.427. The molecule has 2 N–H and O–H groups in total. The number of nitrogens with one attached hydrogen (secondary N) is 2. The standard InChI is InChI=1S/C28H33Cl2N7O2S/c1-28(2,21-14-19(17-31)26(24(30)15-21)38-13-8-29)20-4-6-23(7-5-20)39-18-22-16-25(37-11-9-32-10-12-37)34-27(33-22)35-36(3)40/h4-7,14-16,32,40H,8-13,18H2,1-3H3,(H,33,34,35). The molecule has 1 saturated heterocycles. The molecule has 3 aromatic rings. The quantitative estimate of drug-likeness (QED) is 0.159. The number of rotatable bonds is 11. The van der Waals surface area contributed by atoms with Crippen LogP contribution in [0.25, 0.3) is 0 Å². The first kappa shape index (κ1) is 30.0. The molecule has 2 aromatic carbocycles. The van der Waals surface area contributed by atoms with Gasteiger partial charge >= 0.3 is 0 Å². The van der Waals surface area contributed by atoms with Crippen molar-refractivity contribution >= 4 is 47.8 Å². The van der Waals surface area contributed by atoms with E-state index in [1.54, 1.807) is 7.05 Å². The Hall–Kier alpha value is -2.94. The van der Waals surface area contributed by atoms with Gasteiger partial charge in [-0.05, 0) is 35.4 Å². The molecule has 1 aromatic heterocycles. The third-order valence-corrected chi connectivity index (χ3v) is 7.18. The zero-order chi connectivity index (χ0) is 28.7. The molecule has 0 bridgehead atoms. The Balaban J connectivity index is 1.50. The van der Waals surface area contributed by atoms with E-state index >= 15 is 0 Å². The molecule has 0 amide bonds. The number of alkyl halides is 1. The summed E-state index contributed by atoms with van der Waals surface area (Å²) in [4.78, 5) is 11.5. The van der Waals surface area contributed by atoms with Crippen molar-refractivity contribution in [1.29, 1.82) is 5.26 Å². The first-order valence-electron chi connectivity index (χ1n) is 12.9. The van der Waals surface area contributed by atoms with Gasteiger partial charge in [0.2, 0.25) is 5.95 Å². The molecule has 1 aliphatic heterocycles. The van der Waals surface area contributed by atoms with Crippen molar-refractivity contribution in [3.05, 3.63) is 69.9 Å². The summed E-state index contributed by atoms with van der Waals surface area (Å²) in [6.07, 6.45) is 0. The lowest BCUT2D eigenvalue weighted by Crippen LogP contribution is -2.44. The van der Waals surface area contributed by atoms with Gasteiger partial charge in [-0.2, -0.15) is 14.7 Å². The van der Waals surface area contributed by atoms with E-state index in [-0.39, 0.29) is 13.2 Å². The SMILES string of the molecule is CN(S)Nc1nc(COc2ccc(C(C)(C)c3cc(Cl)c(OCCCl)c(C#N)c3)cc2)cc(N2CCNCC2)n1. The number of halogens is 2. The topological polar surface area (TPSA) is 98.6 Å². The van der Waals surface area contributed by atoms with E-state index in [2.05, 4.69) is 58.3 Å². The highest BCUT2D eigenvalue weighted by Crippen LogP contribution is 2.38. The van der Waals surface area contributed by atoms with Gasteiger partial charge in [0.1, 0.15) is 30.9 Å². The van der Waals surface area contributed by atoms with Crippen molar-refractivity contribution in [3.8, 4) is 17.6 Å². The lowest BCUT2D eigenvalue weighted by molar-refractivity contribution is 0.301. The van der Waals surface area contributed by atoms with Crippen molar-refractivity contribution in [1.82, 2.24) is 19.7 Å². The van der Waals surface area contributed by atoms with Crippen molar-refractivity contribution in [3.63, 3.8) is 0 Å². The maximum absolute atomic E-state index is 9.68. The van der Waals surface area contributed by atoms with Crippen LogP contribution in [0.2, 0.25) is 5.02 Å². The average Bonchev–Trinajstić information content (AvgIpc) is 2.95. The third kappa shape index (κ3) is 7.42. The Morgan fingerprint density at radius 1 is 1.12 bits per heavy atom. The van der Waals surface area contributed by atoms with Crippen LogP contribution < -0.4 is 25.1 Å². The van der Waals surface area contributed by atoms with Gasteiger partial charge in [-0.15, -0.1) is 11.6 Å². The molecule has 212 valence electrons. The molecular formula is C28H33Cl2N7O2S. The normalized spacial score (nSPS) is 13.7. The zero-order valence-electron chi connectivity index (χ0n) is 22.7. The van der Waals surface area contributed by atoms with Gasteiger partial charge in [0.15, 0.2) is 5.75 Å². The van der Waals surface area contributed by atoms with Crippen LogP contribution in [-0.2, 0) is 12.0 Å².